The van der Waals surface area contributed by atoms with Crippen molar-refractivity contribution in [3.8, 4) is 17.2 Å². The molecule has 134 valence electrons. The minimum Gasteiger partial charge on any atom is -0.338 e. The van der Waals surface area contributed by atoms with Crippen LogP contribution in [0.15, 0.2) is 42.5 Å². The van der Waals surface area contributed by atoms with Gasteiger partial charge in [-0.2, -0.15) is 18.4 Å². The van der Waals surface area contributed by atoms with Crippen LogP contribution < -0.4 is 0 Å². The maximum atomic E-state index is 12.7. The fraction of sp³-hybridized carbons (Fsp3) is 0.300. The summed E-state index contributed by atoms with van der Waals surface area (Å²) >= 11 is 0. The lowest BCUT2D eigenvalue weighted by Gasteiger charge is -2.30. The summed E-state index contributed by atoms with van der Waals surface area (Å²) in [5.41, 5.74) is 3.04. The van der Waals surface area contributed by atoms with E-state index in [1.165, 1.54) is 12.1 Å². The van der Waals surface area contributed by atoms with Gasteiger partial charge >= 0.3 is 6.18 Å². The summed E-state index contributed by atoms with van der Waals surface area (Å²) in [5.74, 6) is -0.0443. The van der Waals surface area contributed by atoms with E-state index < -0.39 is 11.7 Å². The maximum Gasteiger partial charge on any atom is 0.416 e. The number of hydrogen-bond acceptors (Lipinski definition) is 2. The number of carbonyl (C=O) groups excluding carboxylic acids is 1. The first-order valence-corrected chi connectivity index (χ1v) is 8.33. The van der Waals surface area contributed by atoms with Crippen LogP contribution in [0.5, 0.6) is 0 Å². The third kappa shape index (κ3) is 3.72. The molecule has 0 aromatic heterocycles. The smallest absolute Gasteiger partial charge is 0.338 e. The van der Waals surface area contributed by atoms with Crippen molar-refractivity contribution >= 4 is 5.91 Å². The third-order valence-electron chi connectivity index (χ3n) is 4.59. The van der Waals surface area contributed by atoms with E-state index in [9.17, 15) is 18.0 Å². The Kier molecular flexibility index (Phi) is 4.99. The third-order valence-corrected chi connectivity index (χ3v) is 4.59. The van der Waals surface area contributed by atoms with Gasteiger partial charge in [0, 0.05) is 25.9 Å². The molecule has 3 nitrogen and oxygen atoms in total. The normalized spacial score (nSPS) is 13.8. The molecule has 0 saturated carbocycles. The number of nitriles is 1. The Balaban J connectivity index is 1.85. The van der Waals surface area contributed by atoms with Gasteiger partial charge in [-0.25, -0.2) is 0 Å². The van der Waals surface area contributed by atoms with Crippen molar-refractivity contribution in [2.24, 2.45) is 0 Å². The average Bonchev–Trinajstić information content (AvgIpc) is 2.64. The number of amides is 1. The maximum absolute atomic E-state index is 12.7. The van der Waals surface area contributed by atoms with Crippen molar-refractivity contribution in [2.45, 2.75) is 32.0 Å². The molecule has 2 aromatic carbocycles. The first-order chi connectivity index (χ1) is 12.4. The fourth-order valence-corrected chi connectivity index (χ4v) is 3.25. The van der Waals surface area contributed by atoms with Crippen molar-refractivity contribution in [1.82, 2.24) is 4.90 Å². The SMILES string of the molecule is N#CCCC(=O)N1CCc2c(cccc2-c2ccc(C(F)(F)F)cc2)C1. The highest BCUT2D eigenvalue weighted by Gasteiger charge is 2.30. The molecule has 0 aliphatic carbocycles. The Labute approximate surface area is 149 Å². The topological polar surface area (TPSA) is 44.1 Å². The molecule has 0 bridgehead atoms. The zero-order valence-corrected chi connectivity index (χ0v) is 14.0. The van der Waals surface area contributed by atoms with Gasteiger partial charge in [0.2, 0.25) is 5.91 Å². The predicted molar refractivity (Wildman–Crippen MR) is 90.8 cm³/mol. The number of rotatable bonds is 3. The lowest BCUT2D eigenvalue weighted by Crippen LogP contribution is -2.36. The standard InChI is InChI=1S/C20H17F3N2O/c21-20(22,23)16-8-6-14(7-9-16)17-4-1-3-15-13-25(12-10-18(15)17)19(26)5-2-11-24/h1,3-4,6-9H,2,5,10,12-13H2. The largest absolute Gasteiger partial charge is 0.416 e. The fourth-order valence-electron chi connectivity index (χ4n) is 3.25. The Morgan fingerprint density at radius 3 is 2.54 bits per heavy atom. The molecule has 1 aliphatic heterocycles. The van der Waals surface area contributed by atoms with E-state index >= 15 is 0 Å². The lowest BCUT2D eigenvalue weighted by molar-refractivity contribution is -0.137. The molecule has 0 fully saturated rings. The van der Waals surface area contributed by atoms with Crippen molar-refractivity contribution in [1.29, 1.82) is 5.26 Å². The molecular formula is C20H17F3N2O. The van der Waals surface area contributed by atoms with E-state index in [0.717, 1.165) is 34.4 Å². The Bertz CT molecular complexity index is 851. The molecule has 1 amide bonds. The number of halogens is 3. The van der Waals surface area contributed by atoms with Crippen LogP contribution >= 0.6 is 0 Å². The number of nitrogens with zero attached hydrogens (tertiary/aromatic N) is 2. The molecular weight excluding hydrogens is 341 g/mol. The molecule has 0 saturated heterocycles. The molecule has 0 unspecified atom stereocenters. The zero-order chi connectivity index (χ0) is 18.7. The number of hydrogen-bond donors (Lipinski definition) is 0. The van der Waals surface area contributed by atoms with E-state index in [1.54, 1.807) is 4.90 Å². The molecule has 1 aliphatic rings. The predicted octanol–water partition coefficient (Wildman–Crippen LogP) is 4.56. The van der Waals surface area contributed by atoms with Gasteiger partial charge in [-0.05, 0) is 40.8 Å². The highest BCUT2D eigenvalue weighted by Crippen LogP contribution is 2.34. The Morgan fingerprint density at radius 2 is 1.88 bits per heavy atom. The van der Waals surface area contributed by atoms with Gasteiger partial charge in [-0.15, -0.1) is 0 Å². The van der Waals surface area contributed by atoms with Crippen molar-refractivity contribution in [3.05, 3.63) is 59.2 Å². The first-order valence-electron chi connectivity index (χ1n) is 8.33. The Morgan fingerprint density at radius 1 is 1.15 bits per heavy atom. The molecule has 0 N–H and O–H groups in total. The van der Waals surface area contributed by atoms with Gasteiger partial charge in [-0.1, -0.05) is 30.3 Å². The average molecular weight is 358 g/mol. The van der Waals surface area contributed by atoms with Crippen LogP contribution in [0.3, 0.4) is 0 Å². The monoisotopic (exact) mass is 358 g/mol. The van der Waals surface area contributed by atoms with Gasteiger partial charge in [0.15, 0.2) is 0 Å². The molecule has 0 radical (unpaired) electrons. The van der Waals surface area contributed by atoms with Gasteiger partial charge in [0.05, 0.1) is 11.6 Å². The van der Waals surface area contributed by atoms with Crippen molar-refractivity contribution in [2.75, 3.05) is 6.54 Å². The van der Waals surface area contributed by atoms with Gasteiger partial charge < -0.3 is 4.90 Å². The zero-order valence-electron chi connectivity index (χ0n) is 14.0. The van der Waals surface area contributed by atoms with Crippen molar-refractivity contribution < 1.29 is 18.0 Å². The summed E-state index contributed by atoms with van der Waals surface area (Å²) in [4.78, 5) is 13.9. The summed E-state index contributed by atoms with van der Waals surface area (Å²) in [6.07, 6.45) is -3.29. The van der Waals surface area contributed by atoms with Crippen LogP contribution in [0.2, 0.25) is 0 Å². The number of fused-ring (bicyclic) bond motifs is 1. The summed E-state index contributed by atoms with van der Waals surface area (Å²) in [5, 5.41) is 8.61. The minimum absolute atomic E-state index is 0.0443. The van der Waals surface area contributed by atoms with Crippen LogP contribution in [0.1, 0.15) is 29.5 Å². The van der Waals surface area contributed by atoms with Gasteiger partial charge in [0.1, 0.15) is 0 Å². The van der Waals surface area contributed by atoms with Crippen LogP contribution in [0.4, 0.5) is 13.2 Å². The summed E-state index contributed by atoms with van der Waals surface area (Å²) in [7, 11) is 0. The lowest BCUT2D eigenvalue weighted by atomic mass is 9.90. The van der Waals surface area contributed by atoms with Gasteiger partial charge in [-0.3, -0.25) is 4.79 Å². The van der Waals surface area contributed by atoms with E-state index in [2.05, 4.69) is 0 Å². The summed E-state index contributed by atoms with van der Waals surface area (Å²) < 4.78 is 38.2. The number of alkyl halides is 3. The minimum atomic E-state index is -4.35. The number of carbonyl (C=O) groups is 1. The molecule has 2 aromatic rings. The van der Waals surface area contributed by atoms with E-state index in [1.807, 2.05) is 24.3 Å². The first kappa shape index (κ1) is 18.0. The quantitative estimate of drug-likeness (QED) is 0.807. The second-order valence-electron chi connectivity index (χ2n) is 6.24. The summed E-state index contributed by atoms with van der Waals surface area (Å²) in [6.45, 7) is 1.02. The molecule has 3 rings (SSSR count). The molecule has 0 atom stereocenters. The number of benzene rings is 2. The Hall–Kier alpha value is -2.81. The van der Waals surface area contributed by atoms with Crippen LogP contribution in [0, 0.1) is 11.3 Å². The van der Waals surface area contributed by atoms with Crippen molar-refractivity contribution in [3.63, 3.8) is 0 Å². The van der Waals surface area contributed by atoms with Crippen LogP contribution in [0.25, 0.3) is 11.1 Å². The van der Waals surface area contributed by atoms with Crippen LogP contribution in [-0.4, -0.2) is 17.4 Å². The molecule has 0 spiro atoms. The van der Waals surface area contributed by atoms with Gasteiger partial charge in [0.25, 0.3) is 0 Å². The van der Waals surface area contributed by atoms with E-state index in [0.29, 0.717) is 19.5 Å². The second kappa shape index (κ2) is 7.20. The summed E-state index contributed by atoms with van der Waals surface area (Å²) in [6, 6.07) is 12.8. The molecule has 1 heterocycles. The highest BCUT2D eigenvalue weighted by molar-refractivity contribution is 5.77. The molecule has 6 heteroatoms. The van der Waals surface area contributed by atoms with Crippen LogP contribution in [-0.2, 0) is 23.9 Å². The highest BCUT2D eigenvalue weighted by atomic mass is 19.4. The second-order valence-corrected chi connectivity index (χ2v) is 6.24. The van der Waals surface area contributed by atoms with E-state index in [-0.39, 0.29) is 18.7 Å². The van der Waals surface area contributed by atoms with E-state index in [4.69, 9.17) is 5.26 Å². The molecule has 26 heavy (non-hydrogen) atoms.